The van der Waals surface area contributed by atoms with Crippen LogP contribution in [-0.2, 0) is 0 Å². The van der Waals surface area contributed by atoms with Gasteiger partial charge in [-0.25, -0.2) is 4.98 Å². The molecule has 1 aliphatic heterocycles. The Morgan fingerprint density at radius 1 is 1.53 bits per heavy atom. The van der Waals surface area contributed by atoms with Crippen LogP contribution in [0.1, 0.15) is 19.0 Å². The summed E-state index contributed by atoms with van der Waals surface area (Å²) in [5.41, 5.74) is 7.44. The number of nitrogens with two attached hydrogens (primary N) is 1. The first kappa shape index (κ1) is 12.8. The molecule has 1 aromatic heterocycles. The molecule has 1 fully saturated rings. The van der Waals surface area contributed by atoms with Crippen molar-refractivity contribution in [2.75, 3.05) is 29.5 Å². The monoisotopic (exact) mass is 272 g/mol. The van der Waals surface area contributed by atoms with Crippen LogP contribution in [0.25, 0.3) is 0 Å². The zero-order chi connectivity index (χ0) is 12.4. The zero-order valence-corrected chi connectivity index (χ0v) is 11.7. The number of halogens is 1. The average Bonchev–Trinajstić information content (AvgIpc) is 2.34. The molecule has 17 heavy (non-hydrogen) atoms. The number of thioether (sulfide) groups is 1. The number of hydrogen-bond donors (Lipinski definition) is 1. The number of hydrogen-bond acceptors (Lipinski definition) is 5. The van der Waals surface area contributed by atoms with Crippen LogP contribution in [0.5, 0.6) is 0 Å². The molecule has 0 aromatic carbocycles. The van der Waals surface area contributed by atoms with Gasteiger partial charge in [0.2, 0.25) is 5.28 Å². The largest absolute Gasteiger partial charge is 0.394 e. The van der Waals surface area contributed by atoms with E-state index in [0.717, 1.165) is 30.4 Å². The average molecular weight is 273 g/mol. The Kier molecular flexibility index (Phi) is 3.99. The Morgan fingerprint density at radius 2 is 2.29 bits per heavy atom. The molecule has 2 heterocycles. The Morgan fingerprint density at radius 3 is 3.00 bits per heavy atom. The van der Waals surface area contributed by atoms with Crippen molar-refractivity contribution in [2.45, 2.75) is 25.5 Å². The molecule has 1 aliphatic rings. The lowest BCUT2D eigenvalue weighted by molar-refractivity contribution is 0.719. The van der Waals surface area contributed by atoms with Gasteiger partial charge in [-0.15, -0.1) is 0 Å². The molecule has 6 heteroatoms. The van der Waals surface area contributed by atoms with Gasteiger partial charge in [0.25, 0.3) is 0 Å². The summed E-state index contributed by atoms with van der Waals surface area (Å²) in [5.74, 6) is 1.90. The van der Waals surface area contributed by atoms with Crippen LogP contribution in [0.4, 0.5) is 11.5 Å². The normalized spacial score (nSPS) is 20.6. The molecule has 2 rings (SSSR count). The van der Waals surface area contributed by atoms with E-state index in [1.807, 2.05) is 18.7 Å². The van der Waals surface area contributed by atoms with Gasteiger partial charge in [0, 0.05) is 24.1 Å². The molecule has 1 saturated heterocycles. The number of aromatic nitrogens is 2. The Balaban J connectivity index is 2.27. The highest BCUT2D eigenvalue weighted by Gasteiger charge is 2.22. The fraction of sp³-hybridized carbons (Fsp3) is 0.636. The molecular weight excluding hydrogens is 256 g/mol. The number of nitrogen functional groups attached to an aromatic ring is 1. The molecule has 0 aliphatic carbocycles. The van der Waals surface area contributed by atoms with Crippen molar-refractivity contribution in [1.29, 1.82) is 0 Å². The molecule has 0 spiro atoms. The maximum Gasteiger partial charge on any atom is 0.224 e. The summed E-state index contributed by atoms with van der Waals surface area (Å²) in [6.45, 7) is 6.03. The topological polar surface area (TPSA) is 55.0 Å². The summed E-state index contributed by atoms with van der Waals surface area (Å²) >= 11 is 7.92. The van der Waals surface area contributed by atoms with Crippen molar-refractivity contribution < 1.29 is 0 Å². The highest BCUT2D eigenvalue weighted by molar-refractivity contribution is 8.00. The van der Waals surface area contributed by atoms with E-state index in [2.05, 4.69) is 21.8 Å². The first-order valence-electron chi connectivity index (χ1n) is 5.78. The smallest absolute Gasteiger partial charge is 0.224 e. The molecular formula is C11H17ClN4S. The molecule has 4 nitrogen and oxygen atoms in total. The molecule has 1 unspecified atom stereocenters. The van der Waals surface area contributed by atoms with E-state index in [4.69, 9.17) is 17.3 Å². The van der Waals surface area contributed by atoms with Crippen LogP contribution in [0.15, 0.2) is 0 Å². The van der Waals surface area contributed by atoms with E-state index in [0.29, 0.717) is 10.9 Å². The highest BCUT2D eigenvalue weighted by atomic mass is 35.5. The van der Waals surface area contributed by atoms with Gasteiger partial charge in [-0.1, -0.05) is 6.92 Å². The third-order valence-electron chi connectivity index (χ3n) is 2.98. The zero-order valence-electron chi connectivity index (χ0n) is 10.1. The fourth-order valence-corrected chi connectivity index (χ4v) is 3.32. The number of rotatable bonds is 2. The molecule has 94 valence electrons. The Bertz CT molecular complexity index is 413. The maximum absolute atomic E-state index is 6.04. The molecule has 0 amide bonds. The van der Waals surface area contributed by atoms with Crippen molar-refractivity contribution >= 4 is 34.9 Å². The SMILES string of the molecule is CCC1CN(c2nc(Cl)nc(C)c2N)CCS1. The molecule has 0 radical (unpaired) electrons. The Labute approximate surface area is 111 Å². The van der Waals surface area contributed by atoms with Crippen LogP contribution in [0.3, 0.4) is 0 Å². The van der Waals surface area contributed by atoms with Gasteiger partial charge in [0.05, 0.1) is 11.4 Å². The van der Waals surface area contributed by atoms with Gasteiger partial charge in [-0.05, 0) is 24.9 Å². The van der Waals surface area contributed by atoms with Crippen LogP contribution >= 0.6 is 23.4 Å². The minimum absolute atomic E-state index is 0.276. The van der Waals surface area contributed by atoms with Gasteiger partial charge in [-0.3, -0.25) is 0 Å². The standard InChI is InChI=1S/C11H17ClN4S/c1-3-8-6-16(4-5-17-8)10-9(13)7(2)14-11(12)15-10/h8H,3-6,13H2,1-2H3. The van der Waals surface area contributed by atoms with E-state index >= 15 is 0 Å². The van der Waals surface area contributed by atoms with Gasteiger partial charge in [0.1, 0.15) is 0 Å². The summed E-state index contributed by atoms with van der Waals surface area (Å²) in [4.78, 5) is 10.6. The van der Waals surface area contributed by atoms with Crippen LogP contribution in [0.2, 0.25) is 5.28 Å². The lowest BCUT2D eigenvalue weighted by Gasteiger charge is -2.33. The van der Waals surface area contributed by atoms with E-state index in [1.54, 1.807) is 0 Å². The summed E-state index contributed by atoms with van der Waals surface area (Å²) in [6, 6.07) is 0. The molecule has 1 aromatic rings. The van der Waals surface area contributed by atoms with E-state index in [1.165, 1.54) is 6.42 Å². The van der Waals surface area contributed by atoms with Crippen LogP contribution in [-0.4, -0.2) is 34.1 Å². The Hall–Kier alpha value is -0.680. The van der Waals surface area contributed by atoms with Crippen LogP contribution < -0.4 is 10.6 Å². The quantitative estimate of drug-likeness (QED) is 0.838. The van der Waals surface area contributed by atoms with Gasteiger partial charge in [-0.2, -0.15) is 16.7 Å². The van der Waals surface area contributed by atoms with Gasteiger partial charge < -0.3 is 10.6 Å². The van der Waals surface area contributed by atoms with Crippen molar-refractivity contribution in [3.8, 4) is 0 Å². The van der Waals surface area contributed by atoms with Crippen LogP contribution in [0, 0.1) is 6.92 Å². The summed E-state index contributed by atoms with van der Waals surface area (Å²) in [7, 11) is 0. The highest BCUT2D eigenvalue weighted by Crippen LogP contribution is 2.29. The predicted octanol–water partition coefficient (Wildman–Crippen LogP) is 2.35. The molecule has 0 saturated carbocycles. The maximum atomic E-state index is 6.04. The summed E-state index contributed by atoms with van der Waals surface area (Å²) in [6.07, 6.45) is 1.17. The third kappa shape index (κ3) is 2.77. The summed E-state index contributed by atoms with van der Waals surface area (Å²) in [5, 5.41) is 0.926. The van der Waals surface area contributed by atoms with Gasteiger partial charge >= 0.3 is 0 Å². The van der Waals surface area contributed by atoms with E-state index in [-0.39, 0.29) is 5.28 Å². The van der Waals surface area contributed by atoms with Crippen molar-refractivity contribution in [1.82, 2.24) is 9.97 Å². The lowest BCUT2D eigenvalue weighted by atomic mass is 10.2. The van der Waals surface area contributed by atoms with Crippen molar-refractivity contribution in [2.24, 2.45) is 0 Å². The van der Waals surface area contributed by atoms with E-state index in [9.17, 15) is 0 Å². The first-order chi connectivity index (χ1) is 8.11. The predicted molar refractivity (Wildman–Crippen MR) is 74.9 cm³/mol. The van der Waals surface area contributed by atoms with Crippen molar-refractivity contribution in [3.63, 3.8) is 0 Å². The molecule has 1 atom stereocenters. The number of nitrogens with zero attached hydrogens (tertiary/aromatic N) is 3. The van der Waals surface area contributed by atoms with Gasteiger partial charge in [0.15, 0.2) is 5.82 Å². The summed E-state index contributed by atoms with van der Waals surface area (Å²) < 4.78 is 0. The minimum Gasteiger partial charge on any atom is -0.394 e. The second kappa shape index (κ2) is 5.31. The van der Waals surface area contributed by atoms with Crippen molar-refractivity contribution in [3.05, 3.63) is 11.0 Å². The minimum atomic E-state index is 0.276. The second-order valence-corrected chi connectivity index (χ2v) is 5.91. The fourth-order valence-electron chi connectivity index (χ4n) is 1.93. The third-order valence-corrected chi connectivity index (χ3v) is 4.52. The lowest BCUT2D eigenvalue weighted by Crippen LogP contribution is -2.38. The number of anilines is 2. The molecule has 0 bridgehead atoms. The second-order valence-electron chi connectivity index (χ2n) is 4.16. The number of aryl methyl sites for hydroxylation is 1. The first-order valence-corrected chi connectivity index (χ1v) is 7.20. The molecule has 2 N–H and O–H groups in total. The van der Waals surface area contributed by atoms with E-state index < -0.39 is 0 Å².